The van der Waals surface area contributed by atoms with E-state index in [9.17, 15) is 0 Å². The number of nitrogens with one attached hydrogen (secondary N) is 1. The standard InChI is InChI=1S/C11H24N2/c1-5-13(9(2)3)11-6-7-12-10(4)8-11/h9-12H,5-8H2,1-4H3. The van der Waals surface area contributed by atoms with E-state index in [0.29, 0.717) is 12.1 Å². The van der Waals surface area contributed by atoms with Crippen molar-refractivity contribution in [2.24, 2.45) is 0 Å². The molecule has 0 amide bonds. The van der Waals surface area contributed by atoms with Crippen LogP contribution >= 0.6 is 0 Å². The number of nitrogens with zero attached hydrogens (tertiary/aromatic N) is 1. The average Bonchev–Trinajstić information content (AvgIpc) is 2.04. The normalized spacial score (nSPS) is 30.0. The van der Waals surface area contributed by atoms with Crippen LogP contribution in [0.15, 0.2) is 0 Å². The van der Waals surface area contributed by atoms with Gasteiger partial charge < -0.3 is 5.32 Å². The van der Waals surface area contributed by atoms with Crippen LogP contribution in [0.2, 0.25) is 0 Å². The van der Waals surface area contributed by atoms with Gasteiger partial charge in [-0.3, -0.25) is 4.90 Å². The summed E-state index contributed by atoms with van der Waals surface area (Å²) in [6.07, 6.45) is 2.63. The monoisotopic (exact) mass is 184 g/mol. The Balaban J connectivity index is 2.47. The summed E-state index contributed by atoms with van der Waals surface area (Å²) in [5, 5.41) is 3.50. The lowest BCUT2D eigenvalue weighted by Gasteiger charge is -2.39. The van der Waals surface area contributed by atoms with Crippen molar-refractivity contribution in [1.29, 1.82) is 0 Å². The lowest BCUT2D eigenvalue weighted by Crippen LogP contribution is -2.49. The van der Waals surface area contributed by atoms with Gasteiger partial charge in [-0.05, 0) is 46.7 Å². The van der Waals surface area contributed by atoms with Crippen molar-refractivity contribution in [2.45, 2.75) is 58.7 Å². The van der Waals surface area contributed by atoms with Gasteiger partial charge in [0.1, 0.15) is 0 Å². The molecule has 1 fully saturated rings. The van der Waals surface area contributed by atoms with Crippen LogP contribution < -0.4 is 5.32 Å². The summed E-state index contributed by atoms with van der Waals surface area (Å²) in [6, 6.07) is 2.20. The van der Waals surface area contributed by atoms with Crippen LogP contribution in [-0.2, 0) is 0 Å². The van der Waals surface area contributed by atoms with Gasteiger partial charge in [0.2, 0.25) is 0 Å². The molecule has 1 aliphatic heterocycles. The maximum Gasteiger partial charge on any atom is 0.0125 e. The molecule has 78 valence electrons. The van der Waals surface area contributed by atoms with Crippen molar-refractivity contribution >= 4 is 0 Å². The van der Waals surface area contributed by atoms with Crippen LogP contribution in [0.4, 0.5) is 0 Å². The first-order chi connectivity index (χ1) is 6.15. The first-order valence-electron chi connectivity index (χ1n) is 5.64. The third-order valence-corrected chi connectivity index (χ3v) is 3.09. The van der Waals surface area contributed by atoms with Crippen molar-refractivity contribution in [3.8, 4) is 0 Å². The largest absolute Gasteiger partial charge is 0.314 e. The SMILES string of the molecule is CCN(C(C)C)C1CCNC(C)C1. The summed E-state index contributed by atoms with van der Waals surface area (Å²) >= 11 is 0. The quantitative estimate of drug-likeness (QED) is 0.720. The molecule has 0 spiro atoms. The molecular formula is C11H24N2. The van der Waals surface area contributed by atoms with Gasteiger partial charge in [0.15, 0.2) is 0 Å². The Morgan fingerprint density at radius 1 is 1.46 bits per heavy atom. The maximum atomic E-state index is 3.50. The molecule has 2 nitrogen and oxygen atoms in total. The summed E-state index contributed by atoms with van der Waals surface area (Å²) in [5.74, 6) is 0. The molecule has 2 heteroatoms. The Hall–Kier alpha value is -0.0800. The fourth-order valence-electron chi connectivity index (χ4n) is 2.45. The Morgan fingerprint density at radius 2 is 2.15 bits per heavy atom. The molecule has 2 atom stereocenters. The third kappa shape index (κ3) is 2.96. The minimum absolute atomic E-state index is 0.695. The second-order valence-corrected chi connectivity index (χ2v) is 4.46. The van der Waals surface area contributed by atoms with Crippen molar-refractivity contribution in [1.82, 2.24) is 10.2 Å². The topological polar surface area (TPSA) is 15.3 Å². The highest BCUT2D eigenvalue weighted by Gasteiger charge is 2.24. The Bertz CT molecular complexity index is 145. The van der Waals surface area contributed by atoms with Gasteiger partial charge in [0.25, 0.3) is 0 Å². The number of hydrogen-bond donors (Lipinski definition) is 1. The molecule has 0 aliphatic carbocycles. The zero-order valence-corrected chi connectivity index (χ0v) is 9.51. The first-order valence-corrected chi connectivity index (χ1v) is 5.64. The van der Waals surface area contributed by atoms with Gasteiger partial charge in [-0.2, -0.15) is 0 Å². The fraction of sp³-hybridized carbons (Fsp3) is 1.00. The Morgan fingerprint density at radius 3 is 2.62 bits per heavy atom. The number of piperidine rings is 1. The molecule has 1 heterocycles. The van der Waals surface area contributed by atoms with Crippen LogP contribution in [0.25, 0.3) is 0 Å². The summed E-state index contributed by atoms with van der Waals surface area (Å²) < 4.78 is 0. The average molecular weight is 184 g/mol. The lowest BCUT2D eigenvalue weighted by atomic mass is 9.98. The predicted molar refractivity (Wildman–Crippen MR) is 58.0 cm³/mol. The minimum atomic E-state index is 0.695. The maximum absolute atomic E-state index is 3.50. The van der Waals surface area contributed by atoms with Crippen LogP contribution in [-0.4, -0.2) is 36.1 Å². The minimum Gasteiger partial charge on any atom is -0.314 e. The van der Waals surface area contributed by atoms with E-state index in [1.165, 1.54) is 25.9 Å². The lowest BCUT2D eigenvalue weighted by molar-refractivity contribution is 0.120. The molecule has 1 rings (SSSR count). The smallest absolute Gasteiger partial charge is 0.0125 e. The summed E-state index contributed by atoms with van der Waals surface area (Å²) in [7, 11) is 0. The van der Waals surface area contributed by atoms with Gasteiger partial charge >= 0.3 is 0 Å². The van der Waals surface area contributed by atoms with E-state index in [2.05, 4.69) is 37.9 Å². The molecule has 0 radical (unpaired) electrons. The Labute approximate surface area is 82.7 Å². The number of rotatable bonds is 3. The second kappa shape index (κ2) is 4.97. The second-order valence-electron chi connectivity index (χ2n) is 4.46. The van der Waals surface area contributed by atoms with Crippen LogP contribution in [0.1, 0.15) is 40.5 Å². The molecule has 0 aromatic carbocycles. The molecule has 0 saturated carbocycles. The van der Waals surface area contributed by atoms with Crippen LogP contribution in [0.5, 0.6) is 0 Å². The predicted octanol–water partition coefficient (Wildman–Crippen LogP) is 1.86. The highest BCUT2D eigenvalue weighted by molar-refractivity contribution is 4.83. The van der Waals surface area contributed by atoms with Crippen LogP contribution in [0.3, 0.4) is 0 Å². The van der Waals surface area contributed by atoms with E-state index in [1.54, 1.807) is 0 Å². The van der Waals surface area contributed by atoms with Gasteiger partial charge in [-0.15, -0.1) is 0 Å². The molecule has 0 aromatic heterocycles. The zero-order chi connectivity index (χ0) is 9.84. The zero-order valence-electron chi connectivity index (χ0n) is 9.51. The van der Waals surface area contributed by atoms with E-state index < -0.39 is 0 Å². The molecule has 13 heavy (non-hydrogen) atoms. The summed E-state index contributed by atoms with van der Waals surface area (Å²) in [6.45, 7) is 11.5. The van der Waals surface area contributed by atoms with E-state index in [0.717, 1.165) is 6.04 Å². The highest BCUT2D eigenvalue weighted by Crippen LogP contribution is 2.17. The van der Waals surface area contributed by atoms with Crippen molar-refractivity contribution in [2.75, 3.05) is 13.1 Å². The highest BCUT2D eigenvalue weighted by atomic mass is 15.2. The molecule has 1 N–H and O–H groups in total. The van der Waals surface area contributed by atoms with Crippen molar-refractivity contribution in [3.05, 3.63) is 0 Å². The molecule has 0 aromatic rings. The molecule has 0 bridgehead atoms. The van der Waals surface area contributed by atoms with E-state index >= 15 is 0 Å². The summed E-state index contributed by atoms with van der Waals surface area (Å²) in [4.78, 5) is 2.62. The van der Waals surface area contributed by atoms with E-state index in [4.69, 9.17) is 0 Å². The molecular weight excluding hydrogens is 160 g/mol. The Kier molecular flexibility index (Phi) is 4.20. The molecule has 1 aliphatic rings. The van der Waals surface area contributed by atoms with Gasteiger partial charge in [-0.25, -0.2) is 0 Å². The third-order valence-electron chi connectivity index (χ3n) is 3.09. The van der Waals surface area contributed by atoms with Crippen molar-refractivity contribution < 1.29 is 0 Å². The van der Waals surface area contributed by atoms with E-state index in [-0.39, 0.29) is 0 Å². The summed E-state index contributed by atoms with van der Waals surface area (Å²) in [5.41, 5.74) is 0. The molecule has 1 saturated heterocycles. The van der Waals surface area contributed by atoms with Gasteiger partial charge in [0, 0.05) is 18.1 Å². The van der Waals surface area contributed by atoms with Gasteiger partial charge in [0.05, 0.1) is 0 Å². The van der Waals surface area contributed by atoms with E-state index in [1.807, 2.05) is 0 Å². The molecule has 2 unspecified atom stereocenters. The van der Waals surface area contributed by atoms with Crippen LogP contribution in [0, 0.1) is 0 Å². The number of hydrogen-bond acceptors (Lipinski definition) is 2. The fourth-order valence-corrected chi connectivity index (χ4v) is 2.45. The van der Waals surface area contributed by atoms with Crippen molar-refractivity contribution in [3.63, 3.8) is 0 Å². The first kappa shape index (κ1) is 11.0. The van der Waals surface area contributed by atoms with Gasteiger partial charge in [-0.1, -0.05) is 6.92 Å².